The fraction of sp³-hybridized carbons (Fsp3) is 0.455. The minimum Gasteiger partial charge on any atom is -0.375 e. The van der Waals surface area contributed by atoms with Crippen LogP contribution in [-0.2, 0) is 6.42 Å². The Bertz CT molecular complexity index is 338. The van der Waals surface area contributed by atoms with Crippen molar-refractivity contribution in [2.45, 2.75) is 6.42 Å². The molecule has 0 heterocycles. The lowest BCUT2D eigenvalue weighted by atomic mass is 10.1. The highest BCUT2D eigenvalue weighted by atomic mass is 19.1. The second-order valence-electron chi connectivity index (χ2n) is 3.60. The minimum atomic E-state index is -0.382. The van der Waals surface area contributed by atoms with E-state index in [1.807, 2.05) is 0 Å². The maximum Gasteiger partial charge on any atom is 0.146 e. The van der Waals surface area contributed by atoms with Gasteiger partial charge in [0, 0.05) is 19.7 Å². The molecule has 0 atom stereocenters. The van der Waals surface area contributed by atoms with Gasteiger partial charge >= 0.3 is 0 Å². The Balaban J connectivity index is 3.13. The predicted molar refractivity (Wildman–Crippen MR) is 58.3 cm³/mol. The molecule has 0 radical (unpaired) electrons. The number of hydrogen-bond acceptors (Lipinski definition) is 2. The summed E-state index contributed by atoms with van der Waals surface area (Å²) >= 11 is 0. The highest BCUT2D eigenvalue weighted by Gasteiger charge is 2.14. The zero-order chi connectivity index (χ0) is 11.4. The first-order valence-electron chi connectivity index (χ1n) is 4.86. The standard InChI is InChI=1S/C11H16F2N2/c1-14-7-6-8-9(12)4-5-10(13)11(8)15(2)3/h4-5,14H,6-7H2,1-3H3. The molecule has 84 valence electrons. The number of likely N-dealkylation sites (N-methyl/N-ethyl adjacent to an activating group) is 1. The Hall–Kier alpha value is -1.16. The van der Waals surface area contributed by atoms with Crippen molar-refractivity contribution in [1.82, 2.24) is 5.32 Å². The lowest BCUT2D eigenvalue weighted by Crippen LogP contribution is -2.18. The normalized spacial score (nSPS) is 10.5. The van der Waals surface area contributed by atoms with Gasteiger partial charge < -0.3 is 10.2 Å². The van der Waals surface area contributed by atoms with E-state index in [4.69, 9.17) is 0 Å². The number of benzene rings is 1. The van der Waals surface area contributed by atoms with Crippen LogP contribution in [0.4, 0.5) is 14.5 Å². The van der Waals surface area contributed by atoms with Crippen molar-refractivity contribution >= 4 is 5.69 Å². The minimum absolute atomic E-state index is 0.338. The van der Waals surface area contributed by atoms with Crippen LogP contribution in [0.3, 0.4) is 0 Å². The molecule has 0 aliphatic carbocycles. The van der Waals surface area contributed by atoms with E-state index in [1.54, 1.807) is 26.0 Å². The van der Waals surface area contributed by atoms with Gasteiger partial charge in [-0.05, 0) is 32.1 Å². The highest BCUT2D eigenvalue weighted by molar-refractivity contribution is 5.54. The molecule has 2 nitrogen and oxygen atoms in total. The number of anilines is 1. The average Bonchev–Trinajstić information content (AvgIpc) is 2.18. The third-order valence-electron chi connectivity index (χ3n) is 2.25. The van der Waals surface area contributed by atoms with Crippen molar-refractivity contribution in [2.24, 2.45) is 0 Å². The lowest BCUT2D eigenvalue weighted by Gasteiger charge is -2.18. The molecule has 0 saturated heterocycles. The van der Waals surface area contributed by atoms with Gasteiger partial charge in [0.25, 0.3) is 0 Å². The van der Waals surface area contributed by atoms with Gasteiger partial charge in [-0.1, -0.05) is 0 Å². The first-order chi connectivity index (χ1) is 7.07. The van der Waals surface area contributed by atoms with Gasteiger partial charge in [0.2, 0.25) is 0 Å². The van der Waals surface area contributed by atoms with Crippen LogP contribution < -0.4 is 10.2 Å². The first kappa shape index (κ1) is 11.9. The van der Waals surface area contributed by atoms with Crippen LogP contribution >= 0.6 is 0 Å². The number of rotatable bonds is 4. The summed E-state index contributed by atoms with van der Waals surface area (Å²) in [5.41, 5.74) is 0.764. The first-order valence-corrected chi connectivity index (χ1v) is 4.86. The maximum atomic E-state index is 13.5. The largest absolute Gasteiger partial charge is 0.375 e. The van der Waals surface area contributed by atoms with Crippen molar-refractivity contribution in [3.05, 3.63) is 29.3 Å². The summed E-state index contributed by atoms with van der Waals surface area (Å²) in [4.78, 5) is 1.60. The quantitative estimate of drug-likeness (QED) is 0.822. The zero-order valence-corrected chi connectivity index (χ0v) is 9.27. The van der Waals surface area contributed by atoms with Gasteiger partial charge in [-0.3, -0.25) is 0 Å². The Kier molecular flexibility index (Phi) is 4.03. The third-order valence-corrected chi connectivity index (χ3v) is 2.25. The van der Waals surface area contributed by atoms with Crippen LogP contribution in [0.2, 0.25) is 0 Å². The summed E-state index contributed by atoms with van der Waals surface area (Å²) in [6.45, 7) is 0.626. The van der Waals surface area contributed by atoms with Gasteiger partial charge in [-0.25, -0.2) is 8.78 Å². The van der Waals surface area contributed by atoms with Crippen molar-refractivity contribution in [1.29, 1.82) is 0 Å². The number of halogens is 2. The number of nitrogens with zero attached hydrogens (tertiary/aromatic N) is 1. The molecule has 1 rings (SSSR count). The van der Waals surface area contributed by atoms with Gasteiger partial charge in [0.1, 0.15) is 11.6 Å². The van der Waals surface area contributed by atoms with Crippen LogP contribution in [0.5, 0.6) is 0 Å². The molecule has 4 heteroatoms. The van der Waals surface area contributed by atoms with E-state index in [9.17, 15) is 8.78 Å². The second-order valence-corrected chi connectivity index (χ2v) is 3.60. The fourth-order valence-electron chi connectivity index (χ4n) is 1.55. The van der Waals surface area contributed by atoms with Gasteiger partial charge in [0.05, 0.1) is 5.69 Å². The Labute approximate surface area is 88.9 Å². The molecule has 1 N–H and O–H groups in total. The topological polar surface area (TPSA) is 15.3 Å². The van der Waals surface area contributed by atoms with Gasteiger partial charge in [-0.15, -0.1) is 0 Å². The molecule has 1 aromatic rings. The highest BCUT2D eigenvalue weighted by Crippen LogP contribution is 2.25. The average molecular weight is 214 g/mol. The summed E-state index contributed by atoms with van der Waals surface area (Å²) in [6.07, 6.45) is 0.480. The fourth-order valence-corrected chi connectivity index (χ4v) is 1.55. The zero-order valence-electron chi connectivity index (χ0n) is 9.27. The van der Waals surface area contributed by atoms with Crippen LogP contribution in [0.15, 0.2) is 12.1 Å². The molecule has 0 spiro atoms. The molecular formula is C11H16F2N2. The molecule has 0 amide bonds. The van der Waals surface area contributed by atoms with Crippen molar-refractivity contribution in [3.8, 4) is 0 Å². The molecule has 0 unspecified atom stereocenters. The second kappa shape index (κ2) is 5.07. The smallest absolute Gasteiger partial charge is 0.146 e. The molecule has 0 aliphatic heterocycles. The van der Waals surface area contributed by atoms with E-state index in [0.29, 0.717) is 24.2 Å². The van der Waals surface area contributed by atoms with Crippen molar-refractivity contribution < 1.29 is 8.78 Å². The van der Waals surface area contributed by atoms with Crippen molar-refractivity contribution in [2.75, 3.05) is 32.6 Å². The van der Waals surface area contributed by atoms with Crippen molar-refractivity contribution in [3.63, 3.8) is 0 Å². The van der Waals surface area contributed by atoms with Gasteiger partial charge in [0.15, 0.2) is 0 Å². The summed E-state index contributed by atoms with van der Waals surface area (Å²) < 4.78 is 27.0. The predicted octanol–water partition coefficient (Wildman–Crippen LogP) is 1.79. The molecular weight excluding hydrogens is 198 g/mol. The maximum absolute atomic E-state index is 13.5. The summed E-state index contributed by atoms with van der Waals surface area (Å²) in [5, 5.41) is 2.92. The van der Waals surface area contributed by atoms with Crippen LogP contribution in [0.1, 0.15) is 5.56 Å². The summed E-state index contributed by atoms with van der Waals surface area (Å²) in [5.74, 6) is -0.733. The van der Waals surface area contributed by atoms with Gasteiger partial charge in [-0.2, -0.15) is 0 Å². The van der Waals surface area contributed by atoms with Crippen LogP contribution in [-0.4, -0.2) is 27.7 Å². The third kappa shape index (κ3) is 2.65. The Morgan fingerprint density at radius 2 is 1.80 bits per heavy atom. The molecule has 1 aromatic carbocycles. The van der Waals surface area contributed by atoms with E-state index in [-0.39, 0.29) is 11.6 Å². The Morgan fingerprint density at radius 1 is 1.20 bits per heavy atom. The number of nitrogens with one attached hydrogen (secondary N) is 1. The molecule has 15 heavy (non-hydrogen) atoms. The van der Waals surface area contributed by atoms with E-state index in [0.717, 1.165) is 6.07 Å². The molecule has 0 aliphatic rings. The number of hydrogen-bond donors (Lipinski definition) is 1. The lowest BCUT2D eigenvalue weighted by molar-refractivity contribution is 0.581. The van der Waals surface area contributed by atoms with E-state index < -0.39 is 0 Å². The SMILES string of the molecule is CNCCc1c(F)ccc(F)c1N(C)C. The summed E-state index contributed by atoms with van der Waals surface area (Å²) in [7, 11) is 5.20. The van der Waals surface area contributed by atoms with E-state index in [1.165, 1.54) is 6.07 Å². The monoisotopic (exact) mass is 214 g/mol. The summed E-state index contributed by atoms with van der Waals surface area (Å²) in [6, 6.07) is 2.33. The van der Waals surface area contributed by atoms with E-state index >= 15 is 0 Å². The van der Waals surface area contributed by atoms with Crippen LogP contribution in [0.25, 0.3) is 0 Å². The molecule has 0 saturated carbocycles. The molecule has 0 aromatic heterocycles. The van der Waals surface area contributed by atoms with Crippen LogP contribution in [0, 0.1) is 11.6 Å². The Morgan fingerprint density at radius 3 is 2.33 bits per heavy atom. The van der Waals surface area contributed by atoms with E-state index in [2.05, 4.69) is 5.32 Å². The molecule has 0 fully saturated rings. The molecule has 0 bridgehead atoms.